The molecule has 0 unspecified atom stereocenters. The second kappa shape index (κ2) is 6.37. The van der Waals surface area contributed by atoms with E-state index in [2.05, 4.69) is 6.92 Å². The predicted octanol–water partition coefficient (Wildman–Crippen LogP) is 4.05. The topological polar surface area (TPSA) is 44.1 Å². The van der Waals surface area contributed by atoms with Gasteiger partial charge >= 0.3 is 0 Å². The van der Waals surface area contributed by atoms with E-state index in [0.717, 1.165) is 33.6 Å². The summed E-state index contributed by atoms with van der Waals surface area (Å²) in [4.78, 5) is 19.9. The lowest BCUT2D eigenvalue weighted by Gasteiger charge is -2.11. The summed E-state index contributed by atoms with van der Waals surface area (Å²) < 4.78 is 6.96. The van der Waals surface area contributed by atoms with Crippen molar-refractivity contribution in [3.8, 4) is 11.4 Å². The van der Waals surface area contributed by atoms with Crippen molar-refractivity contribution in [2.75, 3.05) is 13.4 Å². The summed E-state index contributed by atoms with van der Waals surface area (Å²) in [6, 6.07) is 7.51. The molecular formula is C17H18N2O2S2. The third kappa shape index (κ3) is 2.66. The Balaban J connectivity index is 2.37. The molecule has 2 heterocycles. The first-order valence-corrected chi connectivity index (χ1v) is 9.38. The fourth-order valence-corrected chi connectivity index (χ4v) is 4.38. The summed E-state index contributed by atoms with van der Waals surface area (Å²) in [6.45, 7) is 4.11. The lowest BCUT2D eigenvalue weighted by molar-refractivity contribution is 0.414. The van der Waals surface area contributed by atoms with Gasteiger partial charge in [0.1, 0.15) is 10.6 Å². The molecule has 0 bridgehead atoms. The largest absolute Gasteiger partial charge is 0.497 e. The maximum Gasteiger partial charge on any atom is 0.267 e. The zero-order valence-electron chi connectivity index (χ0n) is 13.5. The molecule has 3 aromatic rings. The minimum atomic E-state index is -0.0129. The fraction of sp³-hybridized carbons (Fsp3) is 0.294. The smallest absolute Gasteiger partial charge is 0.267 e. The normalized spacial score (nSPS) is 11.1. The number of rotatable bonds is 4. The average Bonchev–Trinajstić information content (AvgIpc) is 2.90. The van der Waals surface area contributed by atoms with Crippen molar-refractivity contribution in [2.24, 2.45) is 0 Å². The minimum Gasteiger partial charge on any atom is -0.497 e. The first kappa shape index (κ1) is 16.1. The molecule has 0 spiro atoms. The van der Waals surface area contributed by atoms with Crippen molar-refractivity contribution in [1.29, 1.82) is 0 Å². The number of fused-ring (bicyclic) bond motifs is 1. The molecule has 0 atom stereocenters. The molecule has 6 heteroatoms. The third-order valence-corrected chi connectivity index (χ3v) is 5.82. The van der Waals surface area contributed by atoms with Gasteiger partial charge in [-0.2, -0.15) is 0 Å². The lowest BCUT2D eigenvalue weighted by Crippen LogP contribution is -2.21. The Kier molecular flexibility index (Phi) is 4.46. The van der Waals surface area contributed by atoms with Crippen LogP contribution in [0.2, 0.25) is 0 Å². The number of ether oxygens (including phenoxy) is 1. The van der Waals surface area contributed by atoms with Crippen LogP contribution in [0.4, 0.5) is 0 Å². The van der Waals surface area contributed by atoms with E-state index < -0.39 is 0 Å². The highest BCUT2D eigenvalue weighted by Crippen LogP contribution is 2.30. The number of nitrogens with zero attached hydrogens (tertiary/aromatic N) is 2. The summed E-state index contributed by atoms with van der Waals surface area (Å²) in [6.07, 6.45) is 2.85. The highest BCUT2D eigenvalue weighted by atomic mass is 32.2. The van der Waals surface area contributed by atoms with E-state index >= 15 is 0 Å². The van der Waals surface area contributed by atoms with Crippen LogP contribution in [0.15, 0.2) is 34.2 Å². The Hall–Kier alpha value is -1.79. The van der Waals surface area contributed by atoms with Gasteiger partial charge < -0.3 is 4.74 Å². The monoisotopic (exact) mass is 346 g/mol. The van der Waals surface area contributed by atoms with Crippen LogP contribution < -0.4 is 10.3 Å². The van der Waals surface area contributed by atoms with Crippen LogP contribution in [-0.2, 0) is 6.42 Å². The second-order valence-corrected chi connectivity index (χ2v) is 6.98. The molecule has 1 aromatic carbocycles. The van der Waals surface area contributed by atoms with Crippen molar-refractivity contribution >= 4 is 33.3 Å². The molecule has 2 aromatic heterocycles. The van der Waals surface area contributed by atoms with Crippen LogP contribution in [0.1, 0.15) is 17.4 Å². The lowest BCUT2D eigenvalue weighted by atomic mass is 10.2. The van der Waals surface area contributed by atoms with Gasteiger partial charge in [-0.3, -0.25) is 9.36 Å². The zero-order chi connectivity index (χ0) is 16.6. The number of aryl methyl sites for hydroxylation is 2. The van der Waals surface area contributed by atoms with Crippen LogP contribution in [0.25, 0.3) is 15.9 Å². The molecule has 120 valence electrons. The number of thioether (sulfide) groups is 1. The van der Waals surface area contributed by atoms with Gasteiger partial charge in [-0.25, -0.2) is 4.98 Å². The minimum absolute atomic E-state index is 0.0129. The van der Waals surface area contributed by atoms with Gasteiger partial charge in [-0.1, -0.05) is 24.8 Å². The average molecular weight is 346 g/mol. The Morgan fingerprint density at radius 3 is 2.83 bits per heavy atom. The standard InChI is InChI=1S/C17H18N2O2S2/c1-5-13-10(2)14-15(23-13)18-17(22-4)19(16(14)20)11-7-6-8-12(9-11)21-3/h6-9H,5H2,1-4H3. The Morgan fingerprint density at radius 1 is 1.39 bits per heavy atom. The van der Waals surface area contributed by atoms with Crippen LogP contribution in [0.3, 0.4) is 0 Å². The van der Waals surface area contributed by atoms with Crippen LogP contribution >= 0.6 is 23.1 Å². The zero-order valence-corrected chi connectivity index (χ0v) is 15.2. The summed E-state index contributed by atoms with van der Waals surface area (Å²) in [5.74, 6) is 0.720. The van der Waals surface area contributed by atoms with E-state index in [-0.39, 0.29) is 5.56 Å². The van der Waals surface area contributed by atoms with E-state index in [4.69, 9.17) is 9.72 Å². The molecule has 0 N–H and O–H groups in total. The van der Waals surface area contributed by atoms with Gasteiger partial charge in [0, 0.05) is 10.9 Å². The number of methoxy groups -OCH3 is 1. The predicted molar refractivity (Wildman–Crippen MR) is 97.7 cm³/mol. The quantitative estimate of drug-likeness (QED) is 0.528. The first-order chi connectivity index (χ1) is 11.1. The van der Waals surface area contributed by atoms with Crippen LogP contribution in [0, 0.1) is 6.92 Å². The molecule has 4 nitrogen and oxygen atoms in total. The highest BCUT2D eigenvalue weighted by molar-refractivity contribution is 7.98. The molecule has 3 rings (SSSR count). The Labute approximate surface area is 143 Å². The van der Waals surface area contributed by atoms with Crippen molar-refractivity contribution < 1.29 is 4.74 Å². The van der Waals surface area contributed by atoms with E-state index in [1.54, 1.807) is 23.0 Å². The number of aromatic nitrogens is 2. The van der Waals surface area contributed by atoms with Gasteiger partial charge in [0.05, 0.1) is 18.2 Å². The van der Waals surface area contributed by atoms with Gasteiger partial charge in [-0.15, -0.1) is 11.3 Å². The molecule has 0 aliphatic rings. The third-order valence-electron chi connectivity index (χ3n) is 3.85. The molecule has 0 amide bonds. The maximum atomic E-state index is 13.1. The second-order valence-electron chi connectivity index (χ2n) is 5.12. The molecule has 0 fully saturated rings. The van der Waals surface area contributed by atoms with Crippen molar-refractivity contribution in [2.45, 2.75) is 25.4 Å². The number of hydrogen-bond acceptors (Lipinski definition) is 5. The molecule has 0 saturated carbocycles. The molecule has 0 radical (unpaired) electrons. The number of hydrogen-bond donors (Lipinski definition) is 0. The summed E-state index contributed by atoms with van der Waals surface area (Å²) in [5.41, 5.74) is 1.81. The number of benzene rings is 1. The van der Waals surface area contributed by atoms with Gasteiger partial charge in [0.2, 0.25) is 0 Å². The highest BCUT2D eigenvalue weighted by Gasteiger charge is 2.18. The van der Waals surface area contributed by atoms with Crippen molar-refractivity contribution in [1.82, 2.24) is 9.55 Å². The fourth-order valence-electron chi connectivity index (χ4n) is 2.66. The van der Waals surface area contributed by atoms with Crippen molar-refractivity contribution in [3.63, 3.8) is 0 Å². The van der Waals surface area contributed by atoms with Gasteiger partial charge in [0.25, 0.3) is 5.56 Å². The molecular weight excluding hydrogens is 328 g/mol. The van der Waals surface area contributed by atoms with Crippen LogP contribution in [0.5, 0.6) is 5.75 Å². The summed E-state index contributed by atoms with van der Waals surface area (Å²) >= 11 is 3.09. The van der Waals surface area contributed by atoms with Crippen LogP contribution in [-0.4, -0.2) is 22.9 Å². The van der Waals surface area contributed by atoms with Gasteiger partial charge in [0.15, 0.2) is 5.16 Å². The molecule has 23 heavy (non-hydrogen) atoms. The van der Waals surface area contributed by atoms with E-state index in [0.29, 0.717) is 5.16 Å². The van der Waals surface area contributed by atoms with E-state index in [1.807, 2.05) is 37.4 Å². The maximum absolute atomic E-state index is 13.1. The Morgan fingerprint density at radius 2 is 2.17 bits per heavy atom. The molecule has 0 aliphatic heterocycles. The Bertz CT molecular complexity index is 928. The summed E-state index contributed by atoms with van der Waals surface area (Å²) in [7, 11) is 1.62. The molecule has 0 aliphatic carbocycles. The van der Waals surface area contributed by atoms with Crippen molar-refractivity contribution in [3.05, 3.63) is 45.1 Å². The molecule has 0 saturated heterocycles. The van der Waals surface area contributed by atoms with E-state index in [1.165, 1.54) is 16.6 Å². The first-order valence-electron chi connectivity index (χ1n) is 7.34. The van der Waals surface area contributed by atoms with Gasteiger partial charge in [-0.05, 0) is 37.3 Å². The summed E-state index contributed by atoms with van der Waals surface area (Å²) in [5, 5.41) is 1.42. The van der Waals surface area contributed by atoms with E-state index in [9.17, 15) is 4.79 Å². The SMILES string of the molecule is CCc1sc2nc(SC)n(-c3cccc(OC)c3)c(=O)c2c1C. The number of thiophene rings is 1.